The third kappa shape index (κ3) is 5.39. The summed E-state index contributed by atoms with van der Waals surface area (Å²) in [6.45, 7) is 0.516. The topological polar surface area (TPSA) is 58.6 Å². The molecule has 0 fully saturated rings. The fourth-order valence-electron chi connectivity index (χ4n) is 1.93. The van der Waals surface area contributed by atoms with E-state index in [4.69, 9.17) is 9.84 Å². The number of hydrogen-bond donors (Lipinski definition) is 2. The highest BCUT2D eigenvalue weighted by atomic mass is 19.1. The summed E-state index contributed by atoms with van der Waals surface area (Å²) in [5.74, 6) is -3.02. The van der Waals surface area contributed by atoms with E-state index in [1.54, 1.807) is 6.08 Å². The normalized spacial score (nSPS) is 10.8. The standard InChI is InChI=1S/C18H17F2NO3/c19-15-10-14(11-16(20)17(15)22)8-4-5-9-21-18(23)24-12-13-6-2-1-3-7-13/h1-4,6-8,10-11,22H,5,9,12H2,(H,21,23). The van der Waals surface area contributed by atoms with Crippen molar-refractivity contribution in [3.63, 3.8) is 0 Å². The van der Waals surface area contributed by atoms with Crippen LogP contribution in [0.5, 0.6) is 5.75 Å². The summed E-state index contributed by atoms with van der Waals surface area (Å²) in [6, 6.07) is 11.3. The van der Waals surface area contributed by atoms with Gasteiger partial charge >= 0.3 is 6.09 Å². The molecule has 0 unspecified atom stereocenters. The number of alkyl carbamates (subject to hydrolysis) is 1. The molecule has 0 aromatic heterocycles. The van der Waals surface area contributed by atoms with Gasteiger partial charge in [-0.05, 0) is 29.7 Å². The van der Waals surface area contributed by atoms with E-state index in [1.165, 1.54) is 6.08 Å². The van der Waals surface area contributed by atoms with Crippen molar-refractivity contribution in [3.8, 4) is 5.75 Å². The SMILES string of the molecule is O=C(NCCC=Cc1cc(F)c(O)c(F)c1)OCc1ccccc1. The number of ether oxygens (including phenoxy) is 1. The maximum absolute atomic E-state index is 13.1. The van der Waals surface area contributed by atoms with Gasteiger partial charge in [-0.15, -0.1) is 0 Å². The van der Waals surface area contributed by atoms with Gasteiger partial charge in [0.1, 0.15) is 6.61 Å². The van der Waals surface area contributed by atoms with Gasteiger partial charge in [-0.1, -0.05) is 42.5 Å². The van der Waals surface area contributed by atoms with Crippen molar-refractivity contribution < 1.29 is 23.4 Å². The van der Waals surface area contributed by atoms with Crippen molar-refractivity contribution in [1.82, 2.24) is 5.32 Å². The van der Waals surface area contributed by atoms with Crippen LogP contribution in [-0.2, 0) is 11.3 Å². The summed E-state index contributed by atoms with van der Waals surface area (Å²) in [6.07, 6.45) is 3.09. The van der Waals surface area contributed by atoms with E-state index >= 15 is 0 Å². The molecule has 2 N–H and O–H groups in total. The number of rotatable bonds is 6. The Kier molecular flexibility index (Phi) is 6.31. The molecule has 0 aliphatic heterocycles. The van der Waals surface area contributed by atoms with Gasteiger partial charge in [-0.3, -0.25) is 0 Å². The van der Waals surface area contributed by atoms with Gasteiger partial charge < -0.3 is 15.2 Å². The Hall–Kier alpha value is -2.89. The van der Waals surface area contributed by atoms with Crippen molar-refractivity contribution in [2.24, 2.45) is 0 Å². The highest BCUT2D eigenvalue weighted by Gasteiger charge is 2.07. The van der Waals surface area contributed by atoms with Gasteiger partial charge in [0, 0.05) is 6.54 Å². The van der Waals surface area contributed by atoms with Gasteiger partial charge in [0.05, 0.1) is 0 Å². The quantitative estimate of drug-likeness (QED) is 0.786. The van der Waals surface area contributed by atoms with E-state index in [1.807, 2.05) is 30.3 Å². The number of carbonyl (C=O) groups is 1. The van der Waals surface area contributed by atoms with Crippen molar-refractivity contribution in [1.29, 1.82) is 0 Å². The van der Waals surface area contributed by atoms with Gasteiger partial charge in [0.2, 0.25) is 0 Å². The summed E-state index contributed by atoms with van der Waals surface area (Å²) in [7, 11) is 0. The molecule has 4 nitrogen and oxygen atoms in total. The summed E-state index contributed by atoms with van der Waals surface area (Å²) >= 11 is 0. The fraction of sp³-hybridized carbons (Fsp3) is 0.167. The first-order valence-electron chi connectivity index (χ1n) is 7.35. The van der Waals surface area contributed by atoms with E-state index in [9.17, 15) is 13.6 Å². The Bertz CT molecular complexity index is 694. The molecule has 2 aromatic rings. The van der Waals surface area contributed by atoms with Gasteiger partial charge in [-0.25, -0.2) is 13.6 Å². The Morgan fingerprint density at radius 2 is 1.83 bits per heavy atom. The predicted molar refractivity (Wildman–Crippen MR) is 86.3 cm³/mol. The van der Waals surface area contributed by atoms with Crippen LogP contribution in [-0.4, -0.2) is 17.7 Å². The summed E-state index contributed by atoms with van der Waals surface area (Å²) in [5.41, 5.74) is 1.18. The minimum Gasteiger partial charge on any atom is -0.503 e. The third-order valence-electron chi connectivity index (χ3n) is 3.14. The number of aromatic hydroxyl groups is 1. The van der Waals surface area contributed by atoms with Crippen LogP contribution < -0.4 is 5.32 Å². The maximum atomic E-state index is 13.1. The van der Waals surface area contributed by atoms with Gasteiger partial charge in [-0.2, -0.15) is 0 Å². The molecule has 0 saturated heterocycles. The minimum atomic E-state index is -1.02. The number of amides is 1. The highest BCUT2D eigenvalue weighted by molar-refractivity contribution is 5.67. The number of carbonyl (C=O) groups excluding carboxylic acids is 1. The second-order valence-electron chi connectivity index (χ2n) is 5.01. The van der Waals surface area contributed by atoms with Gasteiger partial charge in [0.25, 0.3) is 0 Å². The average molecular weight is 333 g/mol. The van der Waals surface area contributed by atoms with E-state index < -0.39 is 23.5 Å². The molecule has 0 atom stereocenters. The summed E-state index contributed by atoms with van der Waals surface area (Å²) in [5, 5.41) is 11.6. The first kappa shape index (κ1) is 17.5. The molecular formula is C18H17F2NO3. The minimum absolute atomic E-state index is 0.189. The lowest BCUT2D eigenvalue weighted by Crippen LogP contribution is -2.24. The van der Waals surface area contributed by atoms with Crippen LogP contribution in [0, 0.1) is 11.6 Å². The molecule has 126 valence electrons. The van der Waals surface area contributed by atoms with Crippen LogP contribution in [0.1, 0.15) is 17.5 Å². The first-order chi connectivity index (χ1) is 11.6. The highest BCUT2D eigenvalue weighted by Crippen LogP contribution is 2.22. The van der Waals surface area contributed by atoms with Crippen LogP contribution in [0.15, 0.2) is 48.5 Å². The number of hydrogen-bond acceptors (Lipinski definition) is 3. The van der Waals surface area contributed by atoms with Crippen molar-refractivity contribution in [3.05, 3.63) is 71.3 Å². The average Bonchev–Trinajstić information content (AvgIpc) is 2.58. The lowest BCUT2D eigenvalue weighted by molar-refractivity contribution is 0.140. The molecule has 0 aliphatic carbocycles. The van der Waals surface area contributed by atoms with Crippen molar-refractivity contribution >= 4 is 12.2 Å². The molecule has 0 bridgehead atoms. The largest absolute Gasteiger partial charge is 0.503 e. The van der Waals surface area contributed by atoms with E-state index in [0.29, 0.717) is 13.0 Å². The molecule has 24 heavy (non-hydrogen) atoms. The van der Waals surface area contributed by atoms with Crippen molar-refractivity contribution in [2.75, 3.05) is 6.54 Å². The Morgan fingerprint density at radius 3 is 2.50 bits per heavy atom. The Morgan fingerprint density at radius 1 is 1.17 bits per heavy atom. The molecule has 0 heterocycles. The van der Waals surface area contributed by atoms with Crippen LogP contribution >= 0.6 is 0 Å². The Balaban J connectivity index is 1.69. The van der Waals surface area contributed by atoms with E-state index in [2.05, 4.69) is 5.32 Å². The van der Waals surface area contributed by atoms with Crippen molar-refractivity contribution in [2.45, 2.75) is 13.0 Å². The molecule has 6 heteroatoms. The van der Waals surface area contributed by atoms with Crippen LogP contribution in [0.2, 0.25) is 0 Å². The third-order valence-corrected chi connectivity index (χ3v) is 3.14. The molecule has 2 aromatic carbocycles. The number of nitrogens with one attached hydrogen (secondary N) is 1. The molecular weight excluding hydrogens is 316 g/mol. The second-order valence-corrected chi connectivity index (χ2v) is 5.01. The zero-order chi connectivity index (χ0) is 17.4. The summed E-state index contributed by atoms with van der Waals surface area (Å²) in [4.78, 5) is 11.5. The first-order valence-corrected chi connectivity index (χ1v) is 7.35. The number of benzene rings is 2. The maximum Gasteiger partial charge on any atom is 0.407 e. The lowest BCUT2D eigenvalue weighted by atomic mass is 10.1. The van der Waals surface area contributed by atoms with E-state index in [0.717, 1.165) is 17.7 Å². The number of phenols is 1. The Labute approximate surface area is 138 Å². The second kappa shape index (κ2) is 8.67. The molecule has 0 radical (unpaired) electrons. The lowest BCUT2D eigenvalue weighted by Gasteiger charge is -2.06. The zero-order valence-electron chi connectivity index (χ0n) is 12.8. The number of halogens is 2. The van der Waals surface area contributed by atoms with Crippen LogP contribution in [0.3, 0.4) is 0 Å². The van der Waals surface area contributed by atoms with E-state index in [-0.39, 0.29) is 12.2 Å². The predicted octanol–water partition coefficient (Wildman–Crippen LogP) is 4.00. The monoisotopic (exact) mass is 333 g/mol. The molecule has 1 amide bonds. The molecule has 0 aliphatic rings. The molecule has 2 rings (SSSR count). The van der Waals surface area contributed by atoms with Crippen LogP contribution in [0.4, 0.5) is 13.6 Å². The summed E-state index contributed by atoms with van der Waals surface area (Å²) < 4.78 is 31.3. The van der Waals surface area contributed by atoms with Gasteiger partial charge in [0.15, 0.2) is 17.4 Å². The molecule has 0 spiro atoms. The molecule has 0 saturated carbocycles. The smallest absolute Gasteiger partial charge is 0.407 e. The number of phenolic OH excluding ortho intramolecular Hbond substituents is 1. The zero-order valence-corrected chi connectivity index (χ0v) is 12.8. The van der Waals surface area contributed by atoms with Crippen LogP contribution in [0.25, 0.3) is 6.08 Å². The fourth-order valence-corrected chi connectivity index (χ4v) is 1.93.